The molecule has 5 nitrogen and oxygen atoms in total. The Balaban J connectivity index is 2.05. The van der Waals surface area contributed by atoms with E-state index in [4.69, 9.17) is 10.5 Å². The lowest BCUT2D eigenvalue weighted by Gasteiger charge is -2.17. The molecule has 0 heterocycles. The number of carbonyl (C=O) groups is 2. The summed E-state index contributed by atoms with van der Waals surface area (Å²) in [6.07, 6.45) is 3.21. The zero-order chi connectivity index (χ0) is 18.4. The van der Waals surface area contributed by atoms with Crippen LogP contribution in [0.3, 0.4) is 0 Å². The fourth-order valence-electron chi connectivity index (χ4n) is 2.42. The number of ether oxygens (including phenoxy) is 1. The molecule has 2 N–H and O–H groups in total. The van der Waals surface area contributed by atoms with Crippen molar-refractivity contribution in [1.82, 2.24) is 4.90 Å². The molecule has 2 aromatic carbocycles. The van der Waals surface area contributed by atoms with Gasteiger partial charge >= 0.3 is 0 Å². The van der Waals surface area contributed by atoms with E-state index in [-0.39, 0.29) is 5.91 Å². The van der Waals surface area contributed by atoms with Crippen LogP contribution in [-0.4, -0.2) is 30.9 Å². The molecule has 0 spiro atoms. The Hall–Kier alpha value is -3.08. The number of hydrogen-bond donors (Lipinski definition) is 1. The van der Waals surface area contributed by atoms with Gasteiger partial charge in [-0.25, -0.2) is 0 Å². The average Bonchev–Trinajstić information content (AvgIpc) is 2.60. The van der Waals surface area contributed by atoms with Crippen molar-refractivity contribution in [2.75, 3.05) is 14.2 Å². The Kier molecular flexibility index (Phi) is 5.95. The molecule has 0 atom stereocenters. The molecule has 0 aliphatic rings. The van der Waals surface area contributed by atoms with Gasteiger partial charge in [-0.1, -0.05) is 29.8 Å². The van der Waals surface area contributed by atoms with Crippen LogP contribution >= 0.6 is 0 Å². The minimum atomic E-state index is -0.474. The molecular weight excluding hydrogens is 316 g/mol. The highest BCUT2D eigenvalue weighted by atomic mass is 16.5. The largest absolute Gasteiger partial charge is 0.496 e. The van der Waals surface area contributed by atoms with Gasteiger partial charge in [-0.15, -0.1) is 0 Å². The number of methoxy groups -OCH3 is 1. The summed E-state index contributed by atoms with van der Waals surface area (Å²) in [4.78, 5) is 25.0. The molecule has 2 aromatic rings. The van der Waals surface area contributed by atoms with E-state index in [1.54, 1.807) is 49.4 Å². The highest BCUT2D eigenvalue weighted by Gasteiger charge is 2.10. The minimum absolute atomic E-state index is 0.123. The summed E-state index contributed by atoms with van der Waals surface area (Å²) in [5.41, 5.74) is 8.53. The van der Waals surface area contributed by atoms with Gasteiger partial charge < -0.3 is 15.4 Å². The lowest BCUT2D eigenvalue weighted by molar-refractivity contribution is -0.125. The molecule has 130 valence electrons. The van der Waals surface area contributed by atoms with E-state index in [2.05, 4.69) is 0 Å². The van der Waals surface area contributed by atoms with Gasteiger partial charge in [-0.2, -0.15) is 0 Å². The highest BCUT2D eigenvalue weighted by Crippen LogP contribution is 2.21. The van der Waals surface area contributed by atoms with Crippen LogP contribution in [0, 0.1) is 6.92 Å². The highest BCUT2D eigenvalue weighted by molar-refractivity contribution is 5.94. The van der Waals surface area contributed by atoms with Crippen LogP contribution in [0.2, 0.25) is 0 Å². The molecule has 0 aliphatic heterocycles. The number of aryl methyl sites for hydroxylation is 1. The summed E-state index contributed by atoms with van der Waals surface area (Å²) in [5, 5.41) is 0. The van der Waals surface area contributed by atoms with Crippen molar-refractivity contribution in [1.29, 1.82) is 0 Å². The molecule has 0 bridgehead atoms. The SMILES string of the molecule is COc1ccc(C)cc1CN(C)C(=O)/C=C/c1ccc(C(N)=O)cc1. The Labute approximate surface area is 147 Å². The third-order valence-electron chi connectivity index (χ3n) is 3.83. The van der Waals surface area contributed by atoms with Crippen LogP contribution in [0.25, 0.3) is 6.08 Å². The van der Waals surface area contributed by atoms with Crippen molar-refractivity contribution in [2.45, 2.75) is 13.5 Å². The van der Waals surface area contributed by atoms with Gasteiger partial charge in [0, 0.05) is 30.8 Å². The van der Waals surface area contributed by atoms with Crippen molar-refractivity contribution < 1.29 is 14.3 Å². The van der Waals surface area contributed by atoms with Crippen LogP contribution in [0.5, 0.6) is 5.75 Å². The quantitative estimate of drug-likeness (QED) is 0.823. The number of primary amides is 1. The van der Waals surface area contributed by atoms with Crippen LogP contribution in [-0.2, 0) is 11.3 Å². The van der Waals surface area contributed by atoms with Gasteiger partial charge in [-0.3, -0.25) is 9.59 Å². The van der Waals surface area contributed by atoms with Crippen molar-refractivity contribution >= 4 is 17.9 Å². The molecule has 0 radical (unpaired) electrons. The minimum Gasteiger partial charge on any atom is -0.496 e. The number of carbonyl (C=O) groups excluding carboxylic acids is 2. The van der Waals surface area contributed by atoms with Crippen LogP contribution < -0.4 is 10.5 Å². The summed E-state index contributed by atoms with van der Waals surface area (Å²) in [7, 11) is 3.36. The first-order valence-electron chi connectivity index (χ1n) is 7.87. The molecule has 0 saturated carbocycles. The van der Waals surface area contributed by atoms with E-state index < -0.39 is 5.91 Å². The fraction of sp³-hybridized carbons (Fsp3) is 0.200. The predicted octanol–water partition coefficient (Wildman–Crippen LogP) is 2.77. The topological polar surface area (TPSA) is 72.6 Å². The first kappa shape index (κ1) is 18.3. The maximum Gasteiger partial charge on any atom is 0.248 e. The molecule has 25 heavy (non-hydrogen) atoms. The number of hydrogen-bond acceptors (Lipinski definition) is 3. The number of likely N-dealkylation sites (N-methyl/N-ethyl adjacent to an activating group) is 1. The van der Waals surface area contributed by atoms with E-state index >= 15 is 0 Å². The van der Waals surface area contributed by atoms with Gasteiger partial charge in [0.2, 0.25) is 11.8 Å². The van der Waals surface area contributed by atoms with E-state index in [1.807, 2.05) is 25.1 Å². The molecule has 0 aliphatic carbocycles. The van der Waals surface area contributed by atoms with Gasteiger partial charge in [0.1, 0.15) is 5.75 Å². The molecule has 0 saturated heterocycles. The second-order valence-electron chi connectivity index (χ2n) is 5.83. The maximum absolute atomic E-state index is 12.3. The second kappa shape index (κ2) is 8.15. The molecule has 0 aromatic heterocycles. The number of amides is 2. The first-order valence-corrected chi connectivity index (χ1v) is 7.87. The lowest BCUT2D eigenvalue weighted by atomic mass is 10.1. The summed E-state index contributed by atoms with van der Waals surface area (Å²) >= 11 is 0. The van der Waals surface area contributed by atoms with Crippen molar-refractivity contribution in [3.8, 4) is 5.75 Å². The van der Waals surface area contributed by atoms with Crippen LogP contribution in [0.15, 0.2) is 48.5 Å². The molecule has 2 amide bonds. The summed E-state index contributed by atoms with van der Waals surface area (Å²) in [5.74, 6) is 0.164. The molecule has 2 rings (SSSR count). The predicted molar refractivity (Wildman–Crippen MR) is 98.2 cm³/mol. The zero-order valence-electron chi connectivity index (χ0n) is 14.7. The van der Waals surface area contributed by atoms with Gasteiger partial charge in [0.25, 0.3) is 0 Å². The van der Waals surface area contributed by atoms with Crippen LogP contribution in [0.1, 0.15) is 27.0 Å². The molecule has 5 heteroatoms. The van der Waals surface area contributed by atoms with Crippen LogP contribution in [0.4, 0.5) is 0 Å². The van der Waals surface area contributed by atoms with Gasteiger partial charge in [0.05, 0.1) is 7.11 Å². The Bertz CT molecular complexity index is 795. The summed E-state index contributed by atoms with van der Waals surface area (Å²) in [6, 6.07) is 12.6. The van der Waals surface area contributed by atoms with Gasteiger partial charge in [0.15, 0.2) is 0 Å². The fourth-order valence-corrected chi connectivity index (χ4v) is 2.42. The standard InChI is InChI=1S/C20H22N2O3/c1-14-4-10-18(25-3)17(12-14)13-22(2)19(23)11-7-15-5-8-16(9-6-15)20(21)24/h4-12H,13H2,1-3H3,(H2,21,24)/b11-7+. The van der Waals surface area contributed by atoms with E-state index in [0.29, 0.717) is 12.1 Å². The number of nitrogens with zero attached hydrogens (tertiary/aromatic N) is 1. The van der Waals surface area contributed by atoms with E-state index in [9.17, 15) is 9.59 Å². The summed E-state index contributed by atoms with van der Waals surface area (Å²) in [6.45, 7) is 2.45. The Morgan fingerprint density at radius 1 is 1.16 bits per heavy atom. The third kappa shape index (κ3) is 4.94. The third-order valence-corrected chi connectivity index (χ3v) is 3.83. The van der Waals surface area contributed by atoms with E-state index in [0.717, 1.165) is 22.4 Å². The number of rotatable bonds is 6. The zero-order valence-corrected chi connectivity index (χ0v) is 14.7. The lowest BCUT2D eigenvalue weighted by Crippen LogP contribution is -2.24. The molecule has 0 unspecified atom stereocenters. The number of benzene rings is 2. The maximum atomic E-state index is 12.3. The smallest absolute Gasteiger partial charge is 0.248 e. The van der Waals surface area contributed by atoms with E-state index in [1.165, 1.54) is 6.08 Å². The number of nitrogens with two attached hydrogens (primary N) is 1. The second-order valence-corrected chi connectivity index (χ2v) is 5.83. The normalized spacial score (nSPS) is 10.7. The van der Waals surface area contributed by atoms with Gasteiger partial charge in [-0.05, 0) is 36.8 Å². The van der Waals surface area contributed by atoms with Crippen molar-refractivity contribution in [3.63, 3.8) is 0 Å². The van der Waals surface area contributed by atoms with Crippen molar-refractivity contribution in [3.05, 3.63) is 70.8 Å². The summed E-state index contributed by atoms with van der Waals surface area (Å²) < 4.78 is 5.35. The average molecular weight is 338 g/mol. The van der Waals surface area contributed by atoms with Crippen molar-refractivity contribution in [2.24, 2.45) is 5.73 Å². The molecular formula is C20H22N2O3. The monoisotopic (exact) mass is 338 g/mol. The Morgan fingerprint density at radius 2 is 1.84 bits per heavy atom. The first-order chi connectivity index (χ1) is 11.9. The molecule has 0 fully saturated rings. The Morgan fingerprint density at radius 3 is 2.44 bits per heavy atom.